The van der Waals surface area contributed by atoms with E-state index in [0.717, 1.165) is 12.0 Å². The molecule has 5 nitrogen and oxygen atoms in total. The van der Waals surface area contributed by atoms with Crippen molar-refractivity contribution in [3.05, 3.63) is 46.6 Å². The third-order valence-corrected chi connectivity index (χ3v) is 3.62. The maximum absolute atomic E-state index is 12.2. The first-order chi connectivity index (χ1) is 10.7. The van der Waals surface area contributed by atoms with E-state index in [1.54, 1.807) is 4.90 Å². The molecule has 1 aliphatic heterocycles. The number of morpholine rings is 1. The van der Waals surface area contributed by atoms with Crippen LogP contribution in [0.4, 0.5) is 0 Å². The molecular weight excluding hydrogens is 302 g/mol. The van der Waals surface area contributed by atoms with Crippen LogP contribution in [0.2, 0.25) is 5.02 Å². The molecule has 0 aromatic heterocycles. The highest BCUT2D eigenvalue weighted by atomic mass is 35.5. The highest BCUT2D eigenvalue weighted by molar-refractivity contribution is 6.30. The second-order valence-corrected chi connectivity index (χ2v) is 5.34. The molecule has 22 heavy (non-hydrogen) atoms. The van der Waals surface area contributed by atoms with Crippen LogP contribution < -0.4 is 5.32 Å². The van der Waals surface area contributed by atoms with Crippen LogP contribution >= 0.6 is 11.6 Å². The predicted octanol–water partition coefficient (Wildman–Crippen LogP) is 1.74. The van der Waals surface area contributed by atoms with Crippen LogP contribution in [0.3, 0.4) is 0 Å². The molecular formula is C16H18ClN3O2. The van der Waals surface area contributed by atoms with Gasteiger partial charge in [-0.25, -0.2) is 0 Å². The van der Waals surface area contributed by atoms with Crippen LogP contribution in [0, 0.1) is 11.3 Å². The molecule has 2 rings (SSSR count). The zero-order valence-electron chi connectivity index (χ0n) is 12.2. The number of ether oxygens (including phenoxy) is 1. The Balaban J connectivity index is 1.83. The number of hydrogen-bond acceptors (Lipinski definition) is 4. The van der Waals surface area contributed by atoms with Gasteiger partial charge in [-0.2, -0.15) is 5.26 Å². The molecule has 1 heterocycles. The summed E-state index contributed by atoms with van der Waals surface area (Å²) in [4.78, 5) is 13.8. The maximum atomic E-state index is 12.2. The summed E-state index contributed by atoms with van der Waals surface area (Å²) in [5, 5.41) is 12.9. The summed E-state index contributed by atoms with van der Waals surface area (Å²) < 4.78 is 5.20. The second kappa shape index (κ2) is 8.42. The van der Waals surface area contributed by atoms with E-state index in [2.05, 4.69) is 5.32 Å². The van der Waals surface area contributed by atoms with Crippen molar-refractivity contribution < 1.29 is 9.53 Å². The average molecular weight is 320 g/mol. The molecule has 1 N–H and O–H groups in total. The lowest BCUT2D eigenvalue weighted by Gasteiger charge is -2.26. The van der Waals surface area contributed by atoms with Crippen molar-refractivity contribution >= 4 is 17.5 Å². The third kappa shape index (κ3) is 4.76. The Bertz CT molecular complexity index is 572. The smallest absolute Gasteiger partial charge is 0.266 e. The van der Waals surface area contributed by atoms with Crippen molar-refractivity contribution in [2.24, 2.45) is 0 Å². The largest absolute Gasteiger partial charge is 0.389 e. The molecule has 0 aliphatic carbocycles. The van der Waals surface area contributed by atoms with Gasteiger partial charge in [-0.1, -0.05) is 23.7 Å². The van der Waals surface area contributed by atoms with E-state index in [-0.39, 0.29) is 11.5 Å². The Labute approximate surface area is 135 Å². The first kappa shape index (κ1) is 16.3. The van der Waals surface area contributed by atoms with E-state index in [1.165, 1.54) is 6.20 Å². The molecule has 1 fully saturated rings. The molecule has 0 radical (unpaired) electrons. The first-order valence-corrected chi connectivity index (χ1v) is 7.53. The number of nitrogens with zero attached hydrogens (tertiary/aromatic N) is 2. The number of carbonyl (C=O) groups is 1. The minimum atomic E-state index is -0.246. The van der Waals surface area contributed by atoms with Gasteiger partial charge in [0, 0.05) is 30.9 Å². The van der Waals surface area contributed by atoms with E-state index in [1.807, 2.05) is 30.3 Å². The molecule has 116 valence electrons. The van der Waals surface area contributed by atoms with Gasteiger partial charge in [0.2, 0.25) is 0 Å². The van der Waals surface area contributed by atoms with Gasteiger partial charge in [-0.05, 0) is 24.1 Å². The summed E-state index contributed by atoms with van der Waals surface area (Å²) in [6.07, 6.45) is 2.28. The Morgan fingerprint density at radius 3 is 2.68 bits per heavy atom. The van der Waals surface area contributed by atoms with Crippen LogP contribution in [-0.4, -0.2) is 43.7 Å². The molecule has 1 saturated heterocycles. The fraction of sp³-hybridized carbons (Fsp3) is 0.375. The van der Waals surface area contributed by atoms with Gasteiger partial charge in [0.1, 0.15) is 11.6 Å². The summed E-state index contributed by atoms with van der Waals surface area (Å²) in [5.41, 5.74) is 1.27. The Kier molecular flexibility index (Phi) is 6.26. The van der Waals surface area contributed by atoms with Gasteiger partial charge in [-0.15, -0.1) is 0 Å². The molecule has 6 heteroatoms. The van der Waals surface area contributed by atoms with Crippen molar-refractivity contribution in [2.75, 3.05) is 32.8 Å². The van der Waals surface area contributed by atoms with Crippen molar-refractivity contribution in [1.82, 2.24) is 10.2 Å². The highest BCUT2D eigenvalue weighted by Gasteiger charge is 2.20. The Morgan fingerprint density at radius 2 is 2.05 bits per heavy atom. The molecule has 1 amide bonds. The van der Waals surface area contributed by atoms with E-state index >= 15 is 0 Å². The number of carbonyl (C=O) groups excluding carboxylic acids is 1. The zero-order chi connectivity index (χ0) is 15.8. The van der Waals surface area contributed by atoms with Crippen molar-refractivity contribution in [3.63, 3.8) is 0 Å². The van der Waals surface area contributed by atoms with E-state index in [0.29, 0.717) is 37.9 Å². The van der Waals surface area contributed by atoms with Gasteiger partial charge < -0.3 is 15.0 Å². The van der Waals surface area contributed by atoms with Gasteiger partial charge in [0.15, 0.2) is 0 Å². The van der Waals surface area contributed by atoms with Gasteiger partial charge in [0.05, 0.1) is 13.2 Å². The van der Waals surface area contributed by atoms with Gasteiger partial charge in [0.25, 0.3) is 5.91 Å². The quantitative estimate of drug-likeness (QED) is 0.510. The number of nitrogens with one attached hydrogen (secondary N) is 1. The summed E-state index contributed by atoms with van der Waals surface area (Å²) in [6.45, 7) is 2.75. The highest BCUT2D eigenvalue weighted by Crippen LogP contribution is 2.09. The summed E-state index contributed by atoms with van der Waals surface area (Å²) in [5.74, 6) is -0.246. The van der Waals surface area contributed by atoms with Crippen LogP contribution in [0.15, 0.2) is 36.0 Å². The SMILES string of the molecule is N#C/C(=C/NCCc1ccc(Cl)cc1)C(=O)N1CCOCC1. The fourth-order valence-corrected chi connectivity index (χ4v) is 2.25. The second-order valence-electron chi connectivity index (χ2n) is 4.90. The molecule has 0 atom stereocenters. The topological polar surface area (TPSA) is 65.4 Å². The number of nitriles is 1. The van der Waals surface area contributed by atoms with Crippen LogP contribution in [0.5, 0.6) is 0 Å². The predicted molar refractivity (Wildman–Crippen MR) is 84.3 cm³/mol. The Morgan fingerprint density at radius 1 is 1.36 bits per heavy atom. The molecule has 0 spiro atoms. The summed E-state index contributed by atoms with van der Waals surface area (Å²) in [6, 6.07) is 9.55. The minimum absolute atomic E-state index is 0.123. The molecule has 1 aromatic rings. The Hall–Kier alpha value is -2.03. The normalized spacial score (nSPS) is 15.3. The number of hydrogen-bond donors (Lipinski definition) is 1. The van der Waals surface area contributed by atoms with Crippen molar-refractivity contribution in [3.8, 4) is 6.07 Å². The molecule has 1 aromatic carbocycles. The van der Waals surface area contributed by atoms with E-state index in [9.17, 15) is 4.79 Å². The molecule has 0 saturated carbocycles. The monoisotopic (exact) mass is 319 g/mol. The van der Waals surface area contributed by atoms with Crippen LogP contribution in [-0.2, 0) is 16.0 Å². The van der Waals surface area contributed by atoms with Crippen LogP contribution in [0.25, 0.3) is 0 Å². The number of benzene rings is 1. The fourth-order valence-electron chi connectivity index (χ4n) is 2.12. The molecule has 1 aliphatic rings. The first-order valence-electron chi connectivity index (χ1n) is 7.16. The summed E-state index contributed by atoms with van der Waals surface area (Å²) >= 11 is 5.83. The summed E-state index contributed by atoms with van der Waals surface area (Å²) in [7, 11) is 0. The number of halogens is 1. The lowest BCUT2D eigenvalue weighted by Crippen LogP contribution is -2.41. The average Bonchev–Trinajstić information content (AvgIpc) is 2.57. The lowest BCUT2D eigenvalue weighted by atomic mass is 10.1. The molecule has 0 bridgehead atoms. The molecule has 0 unspecified atom stereocenters. The zero-order valence-corrected chi connectivity index (χ0v) is 13.0. The lowest BCUT2D eigenvalue weighted by molar-refractivity contribution is -0.130. The van der Waals surface area contributed by atoms with Gasteiger partial charge >= 0.3 is 0 Å². The van der Waals surface area contributed by atoms with E-state index in [4.69, 9.17) is 21.6 Å². The van der Waals surface area contributed by atoms with Crippen molar-refractivity contribution in [1.29, 1.82) is 5.26 Å². The van der Waals surface area contributed by atoms with E-state index < -0.39 is 0 Å². The van der Waals surface area contributed by atoms with Crippen LogP contribution in [0.1, 0.15) is 5.56 Å². The maximum Gasteiger partial charge on any atom is 0.266 e. The number of amides is 1. The standard InChI is InChI=1S/C16H18ClN3O2/c17-15-3-1-13(2-4-15)5-6-19-12-14(11-18)16(21)20-7-9-22-10-8-20/h1-4,12,19H,5-10H2/b14-12-. The van der Waals surface area contributed by atoms with Crippen molar-refractivity contribution in [2.45, 2.75) is 6.42 Å². The third-order valence-electron chi connectivity index (χ3n) is 3.37. The van der Waals surface area contributed by atoms with Gasteiger partial charge in [-0.3, -0.25) is 4.79 Å². The number of rotatable bonds is 5. The minimum Gasteiger partial charge on any atom is -0.389 e.